The Morgan fingerprint density at radius 3 is 2.89 bits per heavy atom. The van der Waals surface area contributed by atoms with Gasteiger partial charge < -0.3 is 4.98 Å². The van der Waals surface area contributed by atoms with Crippen LogP contribution < -0.4 is 5.56 Å². The molecule has 0 saturated heterocycles. The van der Waals surface area contributed by atoms with Crippen molar-refractivity contribution in [3.8, 4) is 0 Å². The van der Waals surface area contributed by atoms with E-state index in [1.165, 1.54) is 0 Å². The van der Waals surface area contributed by atoms with E-state index < -0.39 is 0 Å². The van der Waals surface area contributed by atoms with Gasteiger partial charge in [-0.3, -0.25) is 9.48 Å². The van der Waals surface area contributed by atoms with Crippen LogP contribution in [0.3, 0.4) is 0 Å². The quantitative estimate of drug-likeness (QED) is 0.737. The fourth-order valence-corrected chi connectivity index (χ4v) is 1.91. The number of hydrogen-bond donors (Lipinski definition) is 1. The van der Waals surface area contributed by atoms with Crippen molar-refractivity contribution in [1.82, 2.24) is 19.7 Å². The molecule has 0 bridgehead atoms. The smallest absolute Gasteiger partial charge is 0.258 e. The van der Waals surface area contributed by atoms with Gasteiger partial charge in [0.25, 0.3) is 5.56 Å². The first-order valence-corrected chi connectivity index (χ1v) is 5.70. The Morgan fingerprint density at radius 2 is 2.11 bits per heavy atom. The molecule has 0 fully saturated rings. The van der Waals surface area contributed by atoms with Gasteiger partial charge in [-0.1, -0.05) is 12.1 Å². The van der Waals surface area contributed by atoms with Gasteiger partial charge in [-0.05, 0) is 25.1 Å². The molecule has 0 aliphatic carbocycles. The van der Waals surface area contributed by atoms with Gasteiger partial charge in [0.05, 0.1) is 23.1 Å². The van der Waals surface area contributed by atoms with Gasteiger partial charge in [-0.2, -0.15) is 5.10 Å². The van der Waals surface area contributed by atoms with Crippen LogP contribution in [-0.4, -0.2) is 19.7 Å². The fourth-order valence-electron chi connectivity index (χ4n) is 1.91. The minimum Gasteiger partial charge on any atom is -0.308 e. The molecule has 18 heavy (non-hydrogen) atoms. The van der Waals surface area contributed by atoms with Crippen LogP contribution in [0.4, 0.5) is 0 Å². The zero-order valence-electron chi connectivity index (χ0n) is 9.92. The van der Waals surface area contributed by atoms with E-state index in [0.29, 0.717) is 23.3 Å². The lowest BCUT2D eigenvalue weighted by Crippen LogP contribution is -2.14. The van der Waals surface area contributed by atoms with E-state index >= 15 is 0 Å². The molecule has 5 nitrogen and oxygen atoms in total. The van der Waals surface area contributed by atoms with Gasteiger partial charge in [-0.25, -0.2) is 4.98 Å². The summed E-state index contributed by atoms with van der Waals surface area (Å²) in [6.07, 6.45) is 1.87. The SMILES string of the molecule is Cc1ccn(Cc2nc3ccccc3c(=O)[nH]2)n1. The lowest BCUT2D eigenvalue weighted by molar-refractivity contribution is 0.650. The molecular formula is C13H12N4O. The third-order valence-corrected chi connectivity index (χ3v) is 2.75. The molecular weight excluding hydrogens is 228 g/mol. The number of aromatic amines is 1. The second-order valence-corrected chi connectivity index (χ2v) is 4.18. The number of para-hydroxylation sites is 1. The highest BCUT2D eigenvalue weighted by Gasteiger charge is 2.04. The van der Waals surface area contributed by atoms with E-state index in [1.54, 1.807) is 10.7 Å². The Bertz CT molecular complexity index is 757. The molecule has 0 aliphatic heterocycles. The number of fused-ring (bicyclic) bond motifs is 1. The Hall–Kier alpha value is -2.43. The molecule has 0 spiro atoms. The second kappa shape index (κ2) is 4.10. The number of nitrogens with zero attached hydrogens (tertiary/aromatic N) is 3. The summed E-state index contributed by atoms with van der Waals surface area (Å²) in [5.74, 6) is 0.613. The van der Waals surface area contributed by atoms with Gasteiger partial charge in [-0.15, -0.1) is 0 Å². The summed E-state index contributed by atoms with van der Waals surface area (Å²) in [6, 6.07) is 9.22. The van der Waals surface area contributed by atoms with Gasteiger partial charge >= 0.3 is 0 Å². The first-order valence-electron chi connectivity index (χ1n) is 5.70. The van der Waals surface area contributed by atoms with Crippen molar-refractivity contribution >= 4 is 10.9 Å². The number of nitrogens with one attached hydrogen (secondary N) is 1. The third-order valence-electron chi connectivity index (χ3n) is 2.75. The van der Waals surface area contributed by atoms with Crippen molar-refractivity contribution in [2.24, 2.45) is 0 Å². The molecule has 1 N–H and O–H groups in total. The predicted octanol–water partition coefficient (Wildman–Crippen LogP) is 1.48. The predicted molar refractivity (Wildman–Crippen MR) is 68.4 cm³/mol. The zero-order chi connectivity index (χ0) is 12.5. The Morgan fingerprint density at radius 1 is 1.28 bits per heavy atom. The minimum atomic E-state index is -0.112. The van der Waals surface area contributed by atoms with E-state index in [9.17, 15) is 4.79 Å². The van der Waals surface area contributed by atoms with Crippen molar-refractivity contribution in [1.29, 1.82) is 0 Å². The van der Waals surface area contributed by atoms with E-state index in [-0.39, 0.29) is 5.56 Å². The lowest BCUT2D eigenvalue weighted by Gasteiger charge is -2.03. The summed E-state index contributed by atoms with van der Waals surface area (Å²) in [5.41, 5.74) is 1.54. The molecule has 0 radical (unpaired) electrons. The van der Waals surface area contributed by atoms with E-state index in [0.717, 1.165) is 5.69 Å². The Balaban J connectivity index is 2.05. The topological polar surface area (TPSA) is 63.6 Å². The van der Waals surface area contributed by atoms with Crippen molar-refractivity contribution in [2.45, 2.75) is 13.5 Å². The van der Waals surface area contributed by atoms with Crippen LogP contribution >= 0.6 is 0 Å². The lowest BCUT2D eigenvalue weighted by atomic mass is 10.2. The summed E-state index contributed by atoms with van der Waals surface area (Å²) in [5, 5.41) is 4.88. The summed E-state index contributed by atoms with van der Waals surface area (Å²) >= 11 is 0. The summed E-state index contributed by atoms with van der Waals surface area (Å²) in [4.78, 5) is 19.1. The molecule has 90 valence electrons. The van der Waals surface area contributed by atoms with E-state index in [4.69, 9.17) is 0 Å². The maximum absolute atomic E-state index is 11.9. The molecule has 0 amide bonds. The second-order valence-electron chi connectivity index (χ2n) is 4.18. The molecule has 2 heterocycles. The van der Waals surface area contributed by atoms with E-state index in [1.807, 2.05) is 37.4 Å². The summed E-state index contributed by atoms with van der Waals surface area (Å²) in [7, 11) is 0. The average Bonchev–Trinajstić information content (AvgIpc) is 2.75. The van der Waals surface area contributed by atoms with Crippen LogP contribution in [-0.2, 0) is 6.54 Å². The van der Waals surface area contributed by atoms with Crippen molar-refractivity contribution in [3.63, 3.8) is 0 Å². The van der Waals surface area contributed by atoms with Crippen LogP contribution in [0.2, 0.25) is 0 Å². The summed E-state index contributed by atoms with van der Waals surface area (Å²) in [6.45, 7) is 2.39. The van der Waals surface area contributed by atoms with Crippen LogP contribution in [0.25, 0.3) is 10.9 Å². The van der Waals surface area contributed by atoms with Crippen molar-refractivity contribution in [3.05, 3.63) is 58.4 Å². The molecule has 5 heteroatoms. The third kappa shape index (κ3) is 1.90. The molecule has 0 aliphatic rings. The highest BCUT2D eigenvalue weighted by atomic mass is 16.1. The fraction of sp³-hybridized carbons (Fsp3) is 0.154. The molecule has 0 atom stereocenters. The largest absolute Gasteiger partial charge is 0.308 e. The Labute approximate surface area is 103 Å². The average molecular weight is 240 g/mol. The maximum atomic E-state index is 11.9. The molecule has 2 aromatic heterocycles. The molecule has 0 unspecified atom stereocenters. The first-order chi connectivity index (χ1) is 8.72. The summed E-state index contributed by atoms with van der Waals surface area (Å²) < 4.78 is 1.75. The van der Waals surface area contributed by atoms with Crippen LogP contribution in [0, 0.1) is 6.92 Å². The number of aryl methyl sites for hydroxylation is 1. The number of benzene rings is 1. The molecule has 1 aromatic carbocycles. The van der Waals surface area contributed by atoms with Gasteiger partial charge in [0.15, 0.2) is 0 Å². The number of rotatable bonds is 2. The highest BCUT2D eigenvalue weighted by molar-refractivity contribution is 5.77. The van der Waals surface area contributed by atoms with Crippen LogP contribution in [0.5, 0.6) is 0 Å². The van der Waals surface area contributed by atoms with E-state index in [2.05, 4.69) is 15.1 Å². The van der Waals surface area contributed by atoms with Crippen molar-refractivity contribution in [2.75, 3.05) is 0 Å². The van der Waals surface area contributed by atoms with Crippen LogP contribution in [0.1, 0.15) is 11.5 Å². The normalized spacial score (nSPS) is 10.9. The number of H-pyrrole nitrogens is 1. The zero-order valence-corrected chi connectivity index (χ0v) is 9.92. The van der Waals surface area contributed by atoms with Gasteiger partial charge in [0.2, 0.25) is 0 Å². The highest BCUT2D eigenvalue weighted by Crippen LogP contribution is 2.06. The minimum absolute atomic E-state index is 0.112. The number of hydrogen-bond acceptors (Lipinski definition) is 3. The van der Waals surface area contributed by atoms with Gasteiger partial charge in [0, 0.05) is 6.20 Å². The molecule has 3 aromatic rings. The Kier molecular flexibility index (Phi) is 2.44. The van der Waals surface area contributed by atoms with Gasteiger partial charge in [0.1, 0.15) is 5.82 Å². The monoisotopic (exact) mass is 240 g/mol. The maximum Gasteiger partial charge on any atom is 0.258 e. The van der Waals surface area contributed by atoms with Crippen molar-refractivity contribution < 1.29 is 0 Å². The molecule has 3 rings (SSSR count). The number of aromatic nitrogens is 4. The first kappa shape index (κ1) is 10.7. The standard InChI is InChI=1S/C13H12N4O/c1-9-6-7-17(16-9)8-12-14-11-5-3-2-4-10(11)13(18)15-12/h2-7H,8H2,1H3,(H,14,15,18). The molecule has 0 saturated carbocycles. The van der Waals surface area contributed by atoms with Crippen LogP contribution in [0.15, 0.2) is 41.3 Å².